The van der Waals surface area contributed by atoms with Crippen molar-refractivity contribution in [2.75, 3.05) is 7.11 Å². The van der Waals surface area contributed by atoms with Crippen LogP contribution in [0.15, 0.2) is 58.3 Å². The molecule has 2 rings (SSSR count). The standard InChI is InChI=1S/C15H16O2S/c1-11(16)14-8-3-4-9-15(14)18-13-7-5-6-12(10-13)17-2/h3-11,16H,1-2H3/t11-/m0/s1. The molecule has 1 atom stereocenters. The Hall–Kier alpha value is -1.45. The minimum Gasteiger partial charge on any atom is -0.497 e. The summed E-state index contributed by atoms with van der Waals surface area (Å²) in [5.41, 5.74) is 0.949. The number of aliphatic hydroxyl groups excluding tert-OH is 1. The highest BCUT2D eigenvalue weighted by molar-refractivity contribution is 7.99. The van der Waals surface area contributed by atoms with Crippen LogP contribution in [0.3, 0.4) is 0 Å². The topological polar surface area (TPSA) is 29.5 Å². The molecular weight excluding hydrogens is 244 g/mol. The fourth-order valence-electron chi connectivity index (χ4n) is 1.71. The molecule has 0 heterocycles. The first-order valence-corrected chi connectivity index (χ1v) is 6.61. The van der Waals surface area contributed by atoms with Crippen LogP contribution in [0.2, 0.25) is 0 Å². The molecule has 94 valence electrons. The highest BCUT2D eigenvalue weighted by Crippen LogP contribution is 2.34. The van der Waals surface area contributed by atoms with Crippen LogP contribution in [0.25, 0.3) is 0 Å². The van der Waals surface area contributed by atoms with E-state index in [1.54, 1.807) is 25.8 Å². The van der Waals surface area contributed by atoms with Crippen LogP contribution in [-0.2, 0) is 0 Å². The van der Waals surface area contributed by atoms with Crippen LogP contribution in [0.5, 0.6) is 5.75 Å². The lowest BCUT2D eigenvalue weighted by atomic mass is 10.1. The molecule has 0 radical (unpaired) electrons. The van der Waals surface area contributed by atoms with E-state index in [1.807, 2.05) is 48.5 Å². The van der Waals surface area contributed by atoms with Crippen molar-refractivity contribution in [3.05, 3.63) is 54.1 Å². The molecular formula is C15H16O2S. The van der Waals surface area contributed by atoms with E-state index in [1.165, 1.54) is 0 Å². The minimum atomic E-state index is -0.459. The molecule has 1 N–H and O–H groups in total. The zero-order valence-electron chi connectivity index (χ0n) is 10.5. The number of aliphatic hydroxyl groups is 1. The lowest BCUT2D eigenvalue weighted by Crippen LogP contribution is -1.93. The van der Waals surface area contributed by atoms with Crippen molar-refractivity contribution in [3.8, 4) is 5.75 Å². The SMILES string of the molecule is COc1cccc(Sc2ccccc2[C@H](C)O)c1. The highest BCUT2D eigenvalue weighted by Gasteiger charge is 2.08. The van der Waals surface area contributed by atoms with Crippen molar-refractivity contribution in [3.63, 3.8) is 0 Å². The maximum absolute atomic E-state index is 9.75. The van der Waals surface area contributed by atoms with Crippen LogP contribution in [0, 0.1) is 0 Å². The third-order valence-corrected chi connectivity index (χ3v) is 3.72. The Bertz CT molecular complexity index is 523. The van der Waals surface area contributed by atoms with Gasteiger partial charge in [-0.1, -0.05) is 36.0 Å². The summed E-state index contributed by atoms with van der Waals surface area (Å²) in [7, 11) is 1.66. The van der Waals surface area contributed by atoms with Gasteiger partial charge in [-0.3, -0.25) is 0 Å². The Labute approximate surface area is 112 Å². The number of benzene rings is 2. The molecule has 2 aromatic rings. The van der Waals surface area contributed by atoms with Gasteiger partial charge in [0.1, 0.15) is 5.75 Å². The monoisotopic (exact) mass is 260 g/mol. The average molecular weight is 260 g/mol. The first-order chi connectivity index (χ1) is 8.70. The molecule has 18 heavy (non-hydrogen) atoms. The second-order valence-electron chi connectivity index (χ2n) is 3.99. The number of rotatable bonds is 4. The Kier molecular flexibility index (Phi) is 4.28. The van der Waals surface area contributed by atoms with E-state index >= 15 is 0 Å². The number of hydrogen-bond acceptors (Lipinski definition) is 3. The van der Waals surface area contributed by atoms with Crippen molar-refractivity contribution in [1.82, 2.24) is 0 Å². The van der Waals surface area contributed by atoms with Crippen LogP contribution in [-0.4, -0.2) is 12.2 Å². The summed E-state index contributed by atoms with van der Waals surface area (Å²) in [6.45, 7) is 1.78. The first-order valence-electron chi connectivity index (χ1n) is 5.79. The van der Waals surface area contributed by atoms with Crippen molar-refractivity contribution in [2.45, 2.75) is 22.8 Å². The summed E-state index contributed by atoms with van der Waals surface area (Å²) < 4.78 is 5.21. The van der Waals surface area contributed by atoms with Gasteiger partial charge >= 0.3 is 0 Å². The second-order valence-corrected chi connectivity index (χ2v) is 5.11. The van der Waals surface area contributed by atoms with E-state index in [9.17, 15) is 5.11 Å². The third kappa shape index (κ3) is 3.06. The van der Waals surface area contributed by atoms with Gasteiger partial charge in [0.25, 0.3) is 0 Å². The van der Waals surface area contributed by atoms with E-state index in [2.05, 4.69) is 0 Å². The van der Waals surface area contributed by atoms with Gasteiger partial charge in [-0.2, -0.15) is 0 Å². The van der Waals surface area contributed by atoms with Crippen molar-refractivity contribution >= 4 is 11.8 Å². The Morgan fingerprint density at radius 1 is 1.11 bits per heavy atom. The molecule has 0 saturated carbocycles. The van der Waals surface area contributed by atoms with Gasteiger partial charge in [-0.05, 0) is 36.8 Å². The van der Waals surface area contributed by atoms with Gasteiger partial charge in [-0.25, -0.2) is 0 Å². The molecule has 0 saturated heterocycles. The quantitative estimate of drug-likeness (QED) is 0.904. The summed E-state index contributed by atoms with van der Waals surface area (Å²) in [6.07, 6.45) is -0.459. The molecule has 0 aromatic heterocycles. The number of hydrogen-bond donors (Lipinski definition) is 1. The smallest absolute Gasteiger partial charge is 0.119 e. The summed E-state index contributed by atoms with van der Waals surface area (Å²) in [4.78, 5) is 2.17. The first kappa shape index (κ1) is 13.0. The molecule has 2 nitrogen and oxygen atoms in total. The van der Waals surface area contributed by atoms with E-state index in [4.69, 9.17) is 4.74 Å². The molecule has 0 spiro atoms. The highest BCUT2D eigenvalue weighted by atomic mass is 32.2. The minimum absolute atomic E-state index is 0.459. The van der Waals surface area contributed by atoms with E-state index in [0.29, 0.717) is 0 Å². The largest absolute Gasteiger partial charge is 0.497 e. The van der Waals surface area contributed by atoms with Gasteiger partial charge in [0.05, 0.1) is 13.2 Å². The fraction of sp³-hybridized carbons (Fsp3) is 0.200. The molecule has 0 aliphatic rings. The van der Waals surface area contributed by atoms with E-state index in [-0.39, 0.29) is 0 Å². The predicted octanol–water partition coefficient (Wildman–Crippen LogP) is 3.90. The molecule has 0 aliphatic carbocycles. The van der Waals surface area contributed by atoms with Gasteiger partial charge in [0, 0.05) is 9.79 Å². The Morgan fingerprint density at radius 2 is 1.89 bits per heavy atom. The molecule has 0 aliphatic heterocycles. The third-order valence-electron chi connectivity index (χ3n) is 2.64. The van der Waals surface area contributed by atoms with Gasteiger partial charge < -0.3 is 9.84 Å². The summed E-state index contributed by atoms with van der Waals surface area (Å²) >= 11 is 1.63. The van der Waals surface area contributed by atoms with Gasteiger partial charge in [-0.15, -0.1) is 0 Å². The zero-order chi connectivity index (χ0) is 13.0. The maximum atomic E-state index is 9.75. The van der Waals surface area contributed by atoms with E-state index < -0.39 is 6.10 Å². The molecule has 3 heteroatoms. The fourth-order valence-corrected chi connectivity index (χ4v) is 2.79. The van der Waals surface area contributed by atoms with Crippen LogP contribution in [0.4, 0.5) is 0 Å². The zero-order valence-corrected chi connectivity index (χ0v) is 11.3. The second kappa shape index (κ2) is 5.94. The van der Waals surface area contributed by atoms with Gasteiger partial charge in [0.2, 0.25) is 0 Å². The molecule has 0 amide bonds. The maximum Gasteiger partial charge on any atom is 0.119 e. The van der Waals surface area contributed by atoms with Crippen LogP contribution < -0.4 is 4.74 Å². The lowest BCUT2D eigenvalue weighted by molar-refractivity contribution is 0.196. The van der Waals surface area contributed by atoms with Crippen LogP contribution in [0.1, 0.15) is 18.6 Å². The van der Waals surface area contributed by atoms with Crippen molar-refractivity contribution in [1.29, 1.82) is 0 Å². The van der Waals surface area contributed by atoms with E-state index in [0.717, 1.165) is 21.1 Å². The van der Waals surface area contributed by atoms with Crippen LogP contribution >= 0.6 is 11.8 Å². The summed E-state index contributed by atoms with van der Waals surface area (Å²) in [6, 6.07) is 15.8. The van der Waals surface area contributed by atoms with Crippen molar-refractivity contribution < 1.29 is 9.84 Å². The summed E-state index contributed by atoms with van der Waals surface area (Å²) in [5.74, 6) is 0.842. The predicted molar refractivity (Wildman–Crippen MR) is 74.2 cm³/mol. The molecule has 0 fully saturated rings. The van der Waals surface area contributed by atoms with Crippen molar-refractivity contribution in [2.24, 2.45) is 0 Å². The molecule has 2 aromatic carbocycles. The Morgan fingerprint density at radius 3 is 2.61 bits per heavy atom. The number of methoxy groups -OCH3 is 1. The lowest BCUT2D eigenvalue weighted by Gasteiger charge is -2.11. The molecule has 0 bridgehead atoms. The number of ether oxygens (including phenoxy) is 1. The normalized spacial score (nSPS) is 12.2. The molecule has 0 unspecified atom stereocenters. The summed E-state index contributed by atoms with van der Waals surface area (Å²) in [5, 5.41) is 9.75. The van der Waals surface area contributed by atoms with Gasteiger partial charge in [0.15, 0.2) is 0 Å². The Balaban J connectivity index is 2.28. The average Bonchev–Trinajstić information content (AvgIpc) is 2.39.